The SMILES string of the molecule is COc1cc2c(cc1OC)CN(C(=O)[C@H](C)Nc1ccc3c(cc1=O)[C@@H](NC(C)=O)CCc1cc(OC)c(OC)c(OC)c1-3)CC2. The van der Waals surface area contributed by atoms with Crippen LogP contribution in [0, 0.1) is 0 Å². The van der Waals surface area contributed by atoms with Crippen molar-refractivity contribution < 1.29 is 33.3 Å². The van der Waals surface area contributed by atoms with Crippen molar-refractivity contribution in [3.63, 3.8) is 0 Å². The van der Waals surface area contributed by atoms with E-state index in [-0.39, 0.29) is 22.9 Å². The second kappa shape index (κ2) is 13.6. The van der Waals surface area contributed by atoms with Gasteiger partial charge in [-0.15, -0.1) is 0 Å². The Hall–Kier alpha value is -4.93. The quantitative estimate of drug-likeness (QED) is 0.356. The third kappa shape index (κ3) is 6.14. The van der Waals surface area contributed by atoms with Crippen LogP contribution in [-0.2, 0) is 29.0 Å². The molecule has 0 unspecified atom stereocenters. The van der Waals surface area contributed by atoms with Crippen molar-refractivity contribution in [2.75, 3.05) is 47.4 Å². The molecular formula is C35H41N3O8. The smallest absolute Gasteiger partial charge is 0.245 e. The zero-order valence-electron chi connectivity index (χ0n) is 27.4. The average Bonchev–Trinajstić information content (AvgIpc) is 3.30. The van der Waals surface area contributed by atoms with Gasteiger partial charge < -0.3 is 39.2 Å². The molecule has 244 valence electrons. The molecule has 0 bridgehead atoms. The topological polar surface area (TPSA) is 125 Å². The van der Waals surface area contributed by atoms with Crippen molar-refractivity contribution in [3.05, 3.63) is 68.9 Å². The number of aryl methyl sites for hydroxylation is 1. The Morgan fingerprint density at radius 2 is 1.48 bits per heavy atom. The average molecular weight is 632 g/mol. The predicted molar refractivity (Wildman–Crippen MR) is 174 cm³/mol. The first-order valence-corrected chi connectivity index (χ1v) is 15.2. The number of fused-ring (bicyclic) bond motifs is 4. The molecule has 11 heteroatoms. The Morgan fingerprint density at radius 1 is 0.826 bits per heavy atom. The monoisotopic (exact) mass is 631 g/mol. The molecular weight excluding hydrogens is 590 g/mol. The molecule has 5 rings (SSSR count). The van der Waals surface area contributed by atoms with Crippen LogP contribution in [0.25, 0.3) is 11.1 Å². The van der Waals surface area contributed by atoms with Gasteiger partial charge >= 0.3 is 0 Å². The summed E-state index contributed by atoms with van der Waals surface area (Å²) in [5.74, 6) is 2.35. The van der Waals surface area contributed by atoms with E-state index in [2.05, 4.69) is 10.6 Å². The van der Waals surface area contributed by atoms with E-state index in [0.717, 1.165) is 22.3 Å². The van der Waals surface area contributed by atoms with Gasteiger partial charge in [0.25, 0.3) is 0 Å². The fraction of sp³-hybridized carbons (Fsp3) is 0.400. The highest BCUT2D eigenvalue weighted by molar-refractivity contribution is 5.86. The fourth-order valence-corrected chi connectivity index (χ4v) is 6.47. The summed E-state index contributed by atoms with van der Waals surface area (Å²) in [5.41, 5.74) is 5.11. The van der Waals surface area contributed by atoms with Crippen LogP contribution in [-0.4, -0.2) is 64.8 Å². The molecule has 0 fully saturated rings. The van der Waals surface area contributed by atoms with Gasteiger partial charge in [-0.25, -0.2) is 0 Å². The first-order chi connectivity index (χ1) is 22.1. The van der Waals surface area contributed by atoms with Crippen molar-refractivity contribution in [2.45, 2.75) is 51.7 Å². The van der Waals surface area contributed by atoms with Gasteiger partial charge in [-0.2, -0.15) is 0 Å². The summed E-state index contributed by atoms with van der Waals surface area (Å²) in [7, 11) is 7.85. The maximum atomic E-state index is 13.8. The van der Waals surface area contributed by atoms with Gasteiger partial charge in [-0.3, -0.25) is 14.4 Å². The molecule has 0 aromatic heterocycles. The van der Waals surface area contributed by atoms with Gasteiger partial charge in [-0.1, -0.05) is 6.07 Å². The minimum absolute atomic E-state index is 0.132. The lowest BCUT2D eigenvalue weighted by Crippen LogP contribution is -2.44. The Bertz CT molecular complexity index is 1720. The van der Waals surface area contributed by atoms with E-state index in [9.17, 15) is 14.4 Å². The molecule has 1 aliphatic heterocycles. The van der Waals surface area contributed by atoms with Gasteiger partial charge in [0, 0.05) is 25.6 Å². The third-order valence-corrected chi connectivity index (χ3v) is 8.69. The molecule has 0 saturated carbocycles. The number of methoxy groups -OCH3 is 5. The number of anilines is 1. The van der Waals surface area contributed by atoms with E-state index in [0.29, 0.717) is 72.2 Å². The van der Waals surface area contributed by atoms with Crippen LogP contribution < -0.4 is 39.7 Å². The van der Waals surface area contributed by atoms with E-state index < -0.39 is 12.1 Å². The third-order valence-electron chi connectivity index (χ3n) is 8.69. The van der Waals surface area contributed by atoms with Gasteiger partial charge in [0.2, 0.25) is 23.0 Å². The number of amides is 2. The lowest BCUT2D eigenvalue weighted by molar-refractivity contribution is -0.132. The summed E-state index contributed by atoms with van der Waals surface area (Å²) < 4.78 is 28.0. The van der Waals surface area contributed by atoms with Crippen molar-refractivity contribution in [2.24, 2.45) is 0 Å². The Kier molecular flexibility index (Phi) is 9.60. The fourth-order valence-electron chi connectivity index (χ4n) is 6.47. The van der Waals surface area contributed by atoms with E-state index in [4.69, 9.17) is 23.7 Å². The maximum absolute atomic E-state index is 13.8. The van der Waals surface area contributed by atoms with E-state index >= 15 is 0 Å². The number of benzene rings is 2. The molecule has 0 spiro atoms. The van der Waals surface area contributed by atoms with Crippen LogP contribution in [0.2, 0.25) is 0 Å². The molecule has 3 aromatic carbocycles. The molecule has 46 heavy (non-hydrogen) atoms. The molecule has 0 radical (unpaired) electrons. The number of nitrogens with one attached hydrogen (secondary N) is 2. The number of hydrogen-bond acceptors (Lipinski definition) is 9. The molecule has 1 aliphatic carbocycles. The highest BCUT2D eigenvalue weighted by atomic mass is 16.5. The summed E-state index contributed by atoms with van der Waals surface area (Å²) >= 11 is 0. The molecule has 2 aliphatic rings. The highest BCUT2D eigenvalue weighted by Crippen LogP contribution is 2.50. The zero-order chi connectivity index (χ0) is 33.1. The summed E-state index contributed by atoms with van der Waals surface area (Å²) in [4.78, 5) is 41.4. The van der Waals surface area contributed by atoms with Crippen LogP contribution in [0.4, 0.5) is 5.69 Å². The van der Waals surface area contributed by atoms with Crippen LogP contribution in [0.1, 0.15) is 48.6 Å². The van der Waals surface area contributed by atoms with Crippen LogP contribution in [0.5, 0.6) is 28.7 Å². The second-order valence-electron chi connectivity index (χ2n) is 11.4. The number of hydrogen-bond donors (Lipinski definition) is 2. The first-order valence-electron chi connectivity index (χ1n) is 15.2. The van der Waals surface area contributed by atoms with Crippen molar-refractivity contribution in [1.29, 1.82) is 0 Å². The maximum Gasteiger partial charge on any atom is 0.245 e. The standard InChI is InChI=1S/C35H41N3O8/c1-19(35(41)38-13-12-21-14-29(42-3)30(43-4)16-23(21)18-38)36-27-11-9-24-25(17-28(27)40)26(37-20(2)39)10-8-22-15-31(44-5)33(45-6)34(46-7)32(22)24/h9,11,14-17,19,26H,8,10,12-13,18H2,1-7H3,(H,36,40)(H,37,39)/t19-,26-/m0/s1. The molecule has 11 nitrogen and oxygen atoms in total. The van der Waals surface area contributed by atoms with Crippen LogP contribution in [0.3, 0.4) is 0 Å². The molecule has 1 heterocycles. The minimum Gasteiger partial charge on any atom is -0.493 e. The molecule has 2 amide bonds. The van der Waals surface area contributed by atoms with Crippen LogP contribution in [0.15, 0.2) is 41.2 Å². The predicted octanol–water partition coefficient (Wildman–Crippen LogP) is 4.27. The normalized spacial score (nSPS) is 15.6. The summed E-state index contributed by atoms with van der Waals surface area (Å²) in [5, 5.41) is 6.18. The van der Waals surface area contributed by atoms with E-state index in [1.807, 2.05) is 24.3 Å². The first kappa shape index (κ1) is 32.5. The summed E-state index contributed by atoms with van der Waals surface area (Å²) in [6.45, 7) is 4.16. The highest BCUT2D eigenvalue weighted by Gasteiger charge is 2.30. The molecule has 0 saturated heterocycles. The van der Waals surface area contributed by atoms with Crippen LogP contribution >= 0.6 is 0 Å². The lowest BCUT2D eigenvalue weighted by atomic mass is 9.95. The Labute approximate surface area is 268 Å². The minimum atomic E-state index is -0.686. The van der Waals surface area contributed by atoms with Gasteiger partial charge in [0.05, 0.1) is 47.3 Å². The lowest BCUT2D eigenvalue weighted by Gasteiger charge is -2.31. The van der Waals surface area contributed by atoms with Gasteiger partial charge in [0.1, 0.15) is 6.04 Å². The number of carbonyl (C=O) groups excluding carboxylic acids is 2. The van der Waals surface area contributed by atoms with Gasteiger partial charge in [0.15, 0.2) is 23.0 Å². The van der Waals surface area contributed by atoms with Crippen molar-refractivity contribution in [3.8, 4) is 39.9 Å². The molecule has 3 aromatic rings. The van der Waals surface area contributed by atoms with Crippen molar-refractivity contribution in [1.82, 2.24) is 10.2 Å². The summed E-state index contributed by atoms with van der Waals surface area (Å²) in [6, 6.07) is 9.72. The molecule has 2 atom stereocenters. The number of nitrogens with zero attached hydrogens (tertiary/aromatic N) is 1. The van der Waals surface area contributed by atoms with E-state index in [1.165, 1.54) is 13.0 Å². The number of carbonyl (C=O) groups is 2. The second-order valence-corrected chi connectivity index (χ2v) is 11.4. The number of ether oxygens (including phenoxy) is 5. The number of rotatable bonds is 9. The van der Waals surface area contributed by atoms with Crippen molar-refractivity contribution >= 4 is 17.5 Å². The van der Waals surface area contributed by atoms with E-state index in [1.54, 1.807) is 53.4 Å². The largest absolute Gasteiger partial charge is 0.493 e. The molecule has 2 N–H and O–H groups in total. The van der Waals surface area contributed by atoms with Gasteiger partial charge in [-0.05, 0) is 84.3 Å². The zero-order valence-corrected chi connectivity index (χ0v) is 27.4. The Balaban J connectivity index is 1.51. The summed E-state index contributed by atoms with van der Waals surface area (Å²) in [6.07, 6.45) is 1.82. The Morgan fingerprint density at radius 3 is 2.11 bits per heavy atom.